The fraction of sp³-hybridized carbons (Fsp3) is 0.459. The number of amides is 1. The summed E-state index contributed by atoms with van der Waals surface area (Å²) < 4.78 is 5.30. The Hall–Kier alpha value is -4.24. The Morgan fingerprint density at radius 3 is 2.30 bits per heavy atom. The van der Waals surface area contributed by atoms with Crippen LogP contribution >= 0.6 is 0 Å². The zero-order valence-electron chi connectivity index (χ0n) is 28.8. The molecular weight excluding hydrogens is 576 g/mol. The Labute approximate surface area is 271 Å². The highest BCUT2D eigenvalue weighted by Crippen LogP contribution is 2.37. The number of allylic oxidation sites excluding steroid dienone is 1. The maximum absolute atomic E-state index is 13.7. The molecule has 2 aliphatic heterocycles. The number of unbranched alkanes of at least 4 members (excludes halogenated alkanes) is 1. The second-order valence-electron chi connectivity index (χ2n) is 12.7. The smallest absolute Gasteiger partial charge is 0.340 e. The highest BCUT2D eigenvalue weighted by molar-refractivity contribution is 6.25. The maximum atomic E-state index is 13.7. The number of aromatic nitrogens is 4. The van der Waals surface area contributed by atoms with Crippen molar-refractivity contribution in [2.45, 2.75) is 86.1 Å². The lowest BCUT2D eigenvalue weighted by Crippen LogP contribution is -2.29. The van der Waals surface area contributed by atoms with E-state index in [2.05, 4.69) is 62.0 Å². The topological polar surface area (TPSA) is 116 Å². The first kappa shape index (κ1) is 33.1. The van der Waals surface area contributed by atoms with Gasteiger partial charge in [-0.25, -0.2) is 9.78 Å². The summed E-state index contributed by atoms with van der Waals surface area (Å²) in [4.78, 5) is 46.5. The third-order valence-corrected chi connectivity index (χ3v) is 9.59. The Morgan fingerprint density at radius 2 is 1.65 bits per heavy atom. The zero-order chi connectivity index (χ0) is 33.3. The summed E-state index contributed by atoms with van der Waals surface area (Å²) >= 11 is 0. The van der Waals surface area contributed by atoms with Crippen LogP contribution in [0.1, 0.15) is 97.0 Å². The van der Waals surface area contributed by atoms with Gasteiger partial charge in [0.15, 0.2) is 0 Å². The van der Waals surface area contributed by atoms with Crippen molar-refractivity contribution in [1.29, 1.82) is 0 Å². The van der Waals surface area contributed by atoms with Crippen LogP contribution in [0.15, 0.2) is 18.2 Å². The molecule has 0 aliphatic carbocycles. The molecule has 0 saturated heterocycles. The number of ether oxygens (including phenoxy) is 1. The lowest BCUT2D eigenvalue weighted by molar-refractivity contribution is -0.133. The highest BCUT2D eigenvalue weighted by atomic mass is 16.5. The van der Waals surface area contributed by atoms with Crippen LogP contribution in [-0.4, -0.2) is 64.5 Å². The van der Waals surface area contributed by atoms with Gasteiger partial charge in [-0.3, -0.25) is 9.78 Å². The van der Waals surface area contributed by atoms with E-state index in [-0.39, 0.29) is 18.2 Å². The summed E-state index contributed by atoms with van der Waals surface area (Å²) in [5.74, 6) is -0.384. The molecule has 5 rings (SSSR count). The third-order valence-electron chi connectivity index (χ3n) is 9.59. The van der Waals surface area contributed by atoms with E-state index < -0.39 is 5.97 Å². The Morgan fingerprint density at radius 1 is 0.978 bits per heavy atom. The maximum Gasteiger partial charge on any atom is 0.340 e. The molecule has 9 heteroatoms. The molecule has 3 N–H and O–H groups in total. The second-order valence-corrected chi connectivity index (χ2v) is 12.7. The monoisotopic (exact) mass is 624 g/mol. The molecule has 2 aliphatic rings. The predicted octanol–water partition coefficient (Wildman–Crippen LogP) is 6.46. The number of esters is 1. The van der Waals surface area contributed by atoms with E-state index in [4.69, 9.17) is 14.7 Å². The van der Waals surface area contributed by atoms with Crippen molar-refractivity contribution >= 4 is 45.1 Å². The minimum atomic E-state index is -0.469. The van der Waals surface area contributed by atoms with Crippen LogP contribution in [0.3, 0.4) is 0 Å². The Bertz CT molecular complexity index is 1880. The number of hydrogen-bond donors (Lipinski definition) is 3. The van der Waals surface area contributed by atoms with Crippen LogP contribution in [0, 0.1) is 13.8 Å². The molecule has 1 atom stereocenters. The molecule has 0 spiro atoms. The standard InChI is InChI=1S/C37H48N6O3/c1-10-12-13-43(8)34(44)15-25-31-14-20(3)27(39-31)16-28-22(5)26(19-38-7)33(41-28)17-29-21(4)24(11-2)32(40-29)18-30-23(6)35(36(25)42-30)37(45)46-9/h16-18,20,38,40-41H,10-15,19H2,1-9H3. The molecule has 46 heavy (non-hydrogen) atoms. The van der Waals surface area contributed by atoms with Crippen molar-refractivity contribution in [2.75, 3.05) is 27.7 Å². The van der Waals surface area contributed by atoms with Crippen molar-refractivity contribution in [3.05, 3.63) is 68.8 Å². The van der Waals surface area contributed by atoms with Crippen LogP contribution in [0.25, 0.3) is 33.2 Å². The van der Waals surface area contributed by atoms with Gasteiger partial charge < -0.3 is 24.9 Å². The quantitative estimate of drug-likeness (QED) is 0.235. The van der Waals surface area contributed by atoms with Gasteiger partial charge in [0.1, 0.15) is 0 Å². The number of H-pyrrole nitrogens is 2. The number of nitrogens with zero attached hydrogens (tertiary/aromatic N) is 3. The number of rotatable bonds is 9. The molecule has 244 valence electrons. The molecule has 1 unspecified atom stereocenters. The number of likely N-dealkylation sites (N-methyl/N-ethyl adjacent to an activating group) is 1. The van der Waals surface area contributed by atoms with E-state index in [1.165, 1.54) is 29.4 Å². The number of fused-ring (bicyclic) bond motifs is 8. The van der Waals surface area contributed by atoms with Gasteiger partial charge >= 0.3 is 5.97 Å². The van der Waals surface area contributed by atoms with Crippen molar-refractivity contribution in [1.82, 2.24) is 30.2 Å². The van der Waals surface area contributed by atoms with Crippen molar-refractivity contribution in [2.24, 2.45) is 0 Å². The molecule has 9 nitrogen and oxygen atoms in total. The first-order valence-electron chi connectivity index (χ1n) is 16.4. The summed E-state index contributed by atoms with van der Waals surface area (Å²) in [6.07, 6.45) is 3.48. The Balaban J connectivity index is 1.94. The van der Waals surface area contributed by atoms with Crippen LogP contribution in [0.4, 0.5) is 0 Å². The third kappa shape index (κ3) is 6.12. The lowest BCUT2D eigenvalue weighted by atomic mass is 9.96. The summed E-state index contributed by atoms with van der Waals surface area (Å²) in [6.45, 7) is 14.0. The first-order valence-corrected chi connectivity index (χ1v) is 16.4. The molecular formula is C37H48N6O3. The van der Waals surface area contributed by atoms with Crippen LogP contribution in [0.5, 0.6) is 0 Å². The average Bonchev–Trinajstić information content (AvgIpc) is 3.73. The largest absolute Gasteiger partial charge is 0.465 e. The van der Waals surface area contributed by atoms with Crippen molar-refractivity contribution < 1.29 is 14.3 Å². The molecule has 5 heterocycles. The molecule has 3 aromatic heterocycles. The van der Waals surface area contributed by atoms with E-state index in [9.17, 15) is 9.59 Å². The minimum Gasteiger partial charge on any atom is -0.465 e. The van der Waals surface area contributed by atoms with Gasteiger partial charge in [-0.05, 0) is 93.1 Å². The summed E-state index contributed by atoms with van der Waals surface area (Å²) in [5, 5.41) is 3.34. The van der Waals surface area contributed by atoms with Gasteiger partial charge in [0.2, 0.25) is 5.91 Å². The number of aryl methyl sites for hydroxylation is 3. The lowest BCUT2D eigenvalue weighted by Gasteiger charge is -2.18. The normalized spacial score (nSPS) is 14.6. The SMILES string of the molecule is CCCCN(C)C(=O)Cc1c2nc(cc3[nH]c(cc4[nH]c(cc5nc1C(C(=O)OC)=C5C)c(CC)c4C)c(CNC)c3C)C(C)C2. The van der Waals surface area contributed by atoms with Crippen LogP contribution in [-0.2, 0) is 40.1 Å². The second kappa shape index (κ2) is 13.6. The average molecular weight is 625 g/mol. The molecule has 0 aromatic carbocycles. The van der Waals surface area contributed by atoms with Crippen LogP contribution in [0.2, 0.25) is 0 Å². The van der Waals surface area contributed by atoms with Gasteiger partial charge in [-0.2, -0.15) is 0 Å². The molecule has 3 aromatic rings. The fourth-order valence-corrected chi connectivity index (χ4v) is 6.66. The Kier molecular flexibility index (Phi) is 9.82. The molecule has 0 radical (unpaired) electrons. The van der Waals surface area contributed by atoms with E-state index in [0.29, 0.717) is 35.5 Å². The van der Waals surface area contributed by atoms with Crippen molar-refractivity contribution in [3.63, 3.8) is 0 Å². The number of methoxy groups -OCH3 is 1. The number of carbonyl (C=O) groups excluding carboxylic acids is 2. The van der Waals surface area contributed by atoms with E-state index >= 15 is 0 Å². The number of nitrogens with one attached hydrogen (secondary N) is 3. The van der Waals surface area contributed by atoms with Gasteiger partial charge in [-0.15, -0.1) is 0 Å². The van der Waals surface area contributed by atoms with E-state index in [1.54, 1.807) is 4.90 Å². The van der Waals surface area contributed by atoms with Crippen molar-refractivity contribution in [3.8, 4) is 0 Å². The van der Waals surface area contributed by atoms with Crippen LogP contribution < -0.4 is 5.32 Å². The van der Waals surface area contributed by atoms with Gasteiger partial charge in [0, 0.05) is 65.1 Å². The summed E-state index contributed by atoms with van der Waals surface area (Å²) in [5.41, 5.74) is 13.4. The van der Waals surface area contributed by atoms with Gasteiger partial charge in [-0.1, -0.05) is 27.2 Å². The molecule has 0 saturated carbocycles. The fourth-order valence-electron chi connectivity index (χ4n) is 6.66. The summed E-state index contributed by atoms with van der Waals surface area (Å²) in [7, 11) is 5.19. The molecule has 1 amide bonds. The molecule has 8 bridgehead atoms. The number of hydrogen-bond acceptors (Lipinski definition) is 6. The van der Waals surface area contributed by atoms with Gasteiger partial charge in [0.25, 0.3) is 0 Å². The summed E-state index contributed by atoms with van der Waals surface area (Å²) in [6, 6.07) is 6.35. The van der Waals surface area contributed by atoms with Gasteiger partial charge in [0.05, 0.1) is 30.5 Å². The van der Waals surface area contributed by atoms with E-state index in [1.807, 2.05) is 27.1 Å². The number of aromatic amines is 2. The minimum absolute atomic E-state index is 0.0253. The number of carbonyl (C=O) groups is 2. The highest BCUT2D eigenvalue weighted by Gasteiger charge is 2.31. The molecule has 0 fully saturated rings. The first-order chi connectivity index (χ1) is 22.0. The van der Waals surface area contributed by atoms with E-state index in [0.717, 1.165) is 64.8 Å². The predicted molar refractivity (Wildman–Crippen MR) is 185 cm³/mol. The zero-order valence-corrected chi connectivity index (χ0v) is 28.8.